The molecule has 0 atom stereocenters. The van der Waals surface area contributed by atoms with Gasteiger partial charge in [0.1, 0.15) is 5.82 Å². The maximum atomic E-state index is 14.6. The van der Waals surface area contributed by atoms with E-state index in [2.05, 4.69) is 15.3 Å². The summed E-state index contributed by atoms with van der Waals surface area (Å²) in [5, 5.41) is 3.48. The SMILES string of the molecule is Fc1cc(CNCCC2CCCCC2)ccc1-c1ccc2[nH]cnc2c1. The summed E-state index contributed by atoms with van der Waals surface area (Å²) in [5.41, 5.74) is 4.30. The molecule has 0 unspecified atom stereocenters. The molecule has 0 bridgehead atoms. The summed E-state index contributed by atoms with van der Waals surface area (Å²) in [6.45, 7) is 1.74. The normalized spacial score (nSPS) is 15.6. The predicted molar refractivity (Wildman–Crippen MR) is 104 cm³/mol. The minimum atomic E-state index is -0.175. The Balaban J connectivity index is 1.36. The van der Waals surface area contributed by atoms with E-state index in [-0.39, 0.29) is 5.82 Å². The molecule has 4 heteroatoms. The first-order chi connectivity index (χ1) is 12.8. The molecule has 2 N–H and O–H groups in total. The number of aromatic amines is 1. The van der Waals surface area contributed by atoms with Gasteiger partial charge in [0, 0.05) is 12.1 Å². The molecular formula is C22H26FN3. The molecule has 136 valence electrons. The van der Waals surface area contributed by atoms with Gasteiger partial charge in [-0.25, -0.2) is 9.37 Å². The predicted octanol–water partition coefficient (Wildman–Crippen LogP) is 5.43. The summed E-state index contributed by atoms with van der Waals surface area (Å²) in [6, 6.07) is 11.3. The second-order valence-corrected chi connectivity index (χ2v) is 7.42. The standard InChI is InChI=1S/C22H26FN3/c23-20-12-17(14-24-11-10-16-4-2-1-3-5-16)6-8-19(20)18-7-9-21-22(13-18)26-15-25-21/h6-9,12-13,15-16,24H,1-5,10-11,14H2,(H,25,26). The summed E-state index contributed by atoms with van der Waals surface area (Å²) >= 11 is 0. The Morgan fingerprint density at radius 3 is 2.81 bits per heavy atom. The van der Waals surface area contributed by atoms with Crippen LogP contribution >= 0.6 is 0 Å². The average molecular weight is 351 g/mol. The fourth-order valence-corrected chi connectivity index (χ4v) is 4.02. The molecule has 1 aromatic heterocycles. The van der Waals surface area contributed by atoms with Gasteiger partial charge in [0.15, 0.2) is 0 Å². The summed E-state index contributed by atoms with van der Waals surface area (Å²) in [6.07, 6.45) is 9.85. The van der Waals surface area contributed by atoms with Gasteiger partial charge in [-0.15, -0.1) is 0 Å². The number of benzene rings is 2. The summed E-state index contributed by atoms with van der Waals surface area (Å²) in [7, 11) is 0. The van der Waals surface area contributed by atoms with E-state index >= 15 is 0 Å². The van der Waals surface area contributed by atoms with E-state index in [0.29, 0.717) is 5.56 Å². The second-order valence-electron chi connectivity index (χ2n) is 7.42. The van der Waals surface area contributed by atoms with Crippen LogP contribution in [-0.4, -0.2) is 16.5 Å². The van der Waals surface area contributed by atoms with Gasteiger partial charge >= 0.3 is 0 Å². The number of rotatable bonds is 6. The van der Waals surface area contributed by atoms with Gasteiger partial charge in [-0.1, -0.05) is 50.3 Å². The van der Waals surface area contributed by atoms with Crippen molar-refractivity contribution in [1.82, 2.24) is 15.3 Å². The average Bonchev–Trinajstić information content (AvgIpc) is 3.14. The van der Waals surface area contributed by atoms with E-state index in [9.17, 15) is 4.39 Å². The number of nitrogens with zero attached hydrogens (tertiary/aromatic N) is 1. The molecule has 0 spiro atoms. The summed E-state index contributed by atoms with van der Waals surface area (Å²) in [4.78, 5) is 7.31. The van der Waals surface area contributed by atoms with E-state index in [1.807, 2.05) is 30.3 Å². The third-order valence-electron chi connectivity index (χ3n) is 5.55. The van der Waals surface area contributed by atoms with Crippen molar-refractivity contribution in [3.63, 3.8) is 0 Å². The van der Waals surface area contributed by atoms with Crippen molar-refractivity contribution in [2.24, 2.45) is 5.92 Å². The number of nitrogens with one attached hydrogen (secondary N) is 2. The van der Waals surface area contributed by atoms with Crippen LogP contribution in [0, 0.1) is 11.7 Å². The highest BCUT2D eigenvalue weighted by molar-refractivity contribution is 5.81. The fraction of sp³-hybridized carbons (Fsp3) is 0.409. The highest BCUT2D eigenvalue weighted by atomic mass is 19.1. The third kappa shape index (κ3) is 3.96. The highest BCUT2D eigenvalue weighted by Crippen LogP contribution is 2.27. The number of aromatic nitrogens is 2. The first-order valence-electron chi connectivity index (χ1n) is 9.72. The monoisotopic (exact) mass is 351 g/mol. The van der Waals surface area contributed by atoms with Crippen LogP contribution in [0.25, 0.3) is 22.2 Å². The van der Waals surface area contributed by atoms with Crippen LogP contribution in [-0.2, 0) is 6.54 Å². The number of H-pyrrole nitrogens is 1. The molecule has 1 heterocycles. The molecule has 1 aliphatic carbocycles. The number of fused-ring (bicyclic) bond motifs is 1. The van der Waals surface area contributed by atoms with Crippen molar-refractivity contribution in [1.29, 1.82) is 0 Å². The molecule has 1 saturated carbocycles. The number of halogens is 1. The van der Waals surface area contributed by atoms with E-state index in [4.69, 9.17) is 0 Å². The van der Waals surface area contributed by atoms with Gasteiger partial charge in [0.25, 0.3) is 0 Å². The Kier molecular flexibility index (Phi) is 5.30. The zero-order valence-corrected chi connectivity index (χ0v) is 15.1. The number of imidazole rings is 1. The molecule has 1 fully saturated rings. The first-order valence-corrected chi connectivity index (χ1v) is 9.72. The molecule has 3 nitrogen and oxygen atoms in total. The van der Waals surface area contributed by atoms with Crippen LogP contribution in [0.15, 0.2) is 42.7 Å². The first kappa shape index (κ1) is 17.2. The highest BCUT2D eigenvalue weighted by Gasteiger charge is 2.12. The topological polar surface area (TPSA) is 40.7 Å². The van der Waals surface area contributed by atoms with Crippen LogP contribution in [0.2, 0.25) is 0 Å². The van der Waals surface area contributed by atoms with Gasteiger partial charge in [-0.2, -0.15) is 0 Å². The van der Waals surface area contributed by atoms with Gasteiger partial charge in [0.05, 0.1) is 17.4 Å². The van der Waals surface area contributed by atoms with Crippen LogP contribution in [0.1, 0.15) is 44.1 Å². The Morgan fingerprint density at radius 2 is 1.96 bits per heavy atom. The van der Waals surface area contributed by atoms with Crippen LogP contribution in [0.4, 0.5) is 4.39 Å². The van der Waals surface area contributed by atoms with E-state index in [1.54, 1.807) is 12.4 Å². The zero-order chi connectivity index (χ0) is 17.8. The lowest BCUT2D eigenvalue weighted by Crippen LogP contribution is -2.19. The van der Waals surface area contributed by atoms with Crippen molar-refractivity contribution < 1.29 is 4.39 Å². The molecule has 0 radical (unpaired) electrons. The van der Waals surface area contributed by atoms with Gasteiger partial charge < -0.3 is 10.3 Å². The van der Waals surface area contributed by atoms with E-state index in [0.717, 1.165) is 41.2 Å². The van der Waals surface area contributed by atoms with Crippen LogP contribution < -0.4 is 5.32 Å². The summed E-state index contributed by atoms with van der Waals surface area (Å²) < 4.78 is 14.6. The Morgan fingerprint density at radius 1 is 1.08 bits per heavy atom. The van der Waals surface area contributed by atoms with Crippen molar-refractivity contribution in [3.05, 3.63) is 54.1 Å². The Hall–Kier alpha value is -2.20. The lowest BCUT2D eigenvalue weighted by molar-refractivity contribution is 0.334. The zero-order valence-electron chi connectivity index (χ0n) is 15.1. The molecule has 4 rings (SSSR count). The van der Waals surface area contributed by atoms with E-state index in [1.165, 1.54) is 38.5 Å². The van der Waals surface area contributed by atoms with Crippen LogP contribution in [0.5, 0.6) is 0 Å². The quantitative estimate of drug-likeness (QED) is 0.582. The summed E-state index contributed by atoms with van der Waals surface area (Å²) in [5.74, 6) is 0.707. The maximum Gasteiger partial charge on any atom is 0.131 e. The van der Waals surface area contributed by atoms with Crippen molar-refractivity contribution in [2.75, 3.05) is 6.54 Å². The molecule has 1 aliphatic rings. The Labute approximate surface area is 154 Å². The minimum absolute atomic E-state index is 0.175. The lowest BCUT2D eigenvalue weighted by Gasteiger charge is -2.21. The lowest BCUT2D eigenvalue weighted by atomic mass is 9.87. The smallest absolute Gasteiger partial charge is 0.131 e. The molecular weight excluding hydrogens is 325 g/mol. The molecule has 26 heavy (non-hydrogen) atoms. The van der Waals surface area contributed by atoms with Gasteiger partial charge in [-0.3, -0.25) is 0 Å². The van der Waals surface area contributed by atoms with Gasteiger partial charge in [0.2, 0.25) is 0 Å². The van der Waals surface area contributed by atoms with Gasteiger partial charge in [-0.05, 0) is 48.2 Å². The van der Waals surface area contributed by atoms with Crippen molar-refractivity contribution in [2.45, 2.75) is 45.1 Å². The largest absolute Gasteiger partial charge is 0.345 e. The minimum Gasteiger partial charge on any atom is -0.345 e. The Bertz CT molecular complexity index is 865. The van der Waals surface area contributed by atoms with Crippen molar-refractivity contribution in [3.8, 4) is 11.1 Å². The third-order valence-corrected chi connectivity index (χ3v) is 5.55. The molecule has 0 amide bonds. The second kappa shape index (κ2) is 8.00. The molecule has 0 aliphatic heterocycles. The van der Waals surface area contributed by atoms with Crippen LogP contribution in [0.3, 0.4) is 0 Å². The van der Waals surface area contributed by atoms with E-state index < -0.39 is 0 Å². The number of hydrogen-bond acceptors (Lipinski definition) is 2. The van der Waals surface area contributed by atoms with Crippen molar-refractivity contribution >= 4 is 11.0 Å². The maximum absolute atomic E-state index is 14.6. The molecule has 3 aromatic rings. The molecule has 2 aromatic carbocycles. The fourth-order valence-electron chi connectivity index (χ4n) is 4.02. The molecule has 0 saturated heterocycles. The number of hydrogen-bond donors (Lipinski definition) is 2.